The predicted molar refractivity (Wildman–Crippen MR) is 56.4 cm³/mol. The predicted octanol–water partition coefficient (Wildman–Crippen LogP) is 1.24. The van der Waals surface area contributed by atoms with Crippen LogP contribution in [0.5, 0.6) is 11.5 Å². The van der Waals surface area contributed by atoms with Crippen LogP contribution in [0.1, 0.15) is 0 Å². The van der Waals surface area contributed by atoms with Gasteiger partial charge in [0.2, 0.25) is 0 Å². The van der Waals surface area contributed by atoms with E-state index in [1.54, 1.807) is 0 Å². The summed E-state index contributed by atoms with van der Waals surface area (Å²) in [7, 11) is -2.99. The number of benzene rings is 1. The van der Waals surface area contributed by atoms with Crippen molar-refractivity contribution in [3.63, 3.8) is 0 Å². The quantitative estimate of drug-likeness (QED) is 0.900. The fraction of sp³-hybridized carbons (Fsp3) is 0.300. The van der Waals surface area contributed by atoms with Crippen LogP contribution in [0.25, 0.3) is 0 Å². The van der Waals surface area contributed by atoms with Crippen LogP contribution in [0.2, 0.25) is 0 Å². The second-order valence-corrected chi connectivity index (χ2v) is 4.92. The van der Waals surface area contributed by atoms with Crippen molar-refractivity contribution in [2.75, 3.05) is 13.2 Å². The Bertz CT molecular complexity index is 517. The summed E-state index contributed by atoms with van der Waals surface area (Å²) < 4.78 is 47.9. The molecule has 0 aromatic heterocycles. The van der Waals surface area contributed by atoms with Crippen molar-refractivity contribution < 1.29 is 32.4 Å². The summed E-state index contributed by atoms with van der Waals surface area (Å²) >= 11 is 0. The van der Waals surface area contributed by atoms with Crippen molar-refractivity contribution in [1.82, 2.24) is 0 Å². The Morgan fingerprint density at radius 2 is 1.89 bits per heavy atom. The van der Waals surface area contributed by atoms with E-state index in [4.69, 9.17) is 14.6 Å². The van der Waals surface area contributed by atoms with Crippen molar-refractivity contribution in [3.05, 3.63) is 18.2 Å². The number of halogens is 2. The van der Waals surface area contributed by atoms with Crippen LogP contribution in [-0.2, 0) is 15.6 Å². The van der Waals surface area contributed by atoms with Crippen molar-refractivity contribution in [2.45, 2.75) is 10.2 Å². The molecule has 1 aromatic rings. The molecule has 0 bridgehead atoms. The third-order valence-electron chi connectivity index (χ3n) is 2.21. The molecule has 0 saturated heterocycles. The van der Waals surface area contributed by atoms with Crippen LogP contribution < -0.4 is 9.47 Å². The Balaban J connectivity index is 2.35. The Morgan fingerprint density at radius 1 is 1.28 bits per heavy atom. The standard InChI is InChI=1S/C10H8F2O5S/c11-10(12,9(13)14)18(15)6-1-2-7-8(5-6)17-4-3-16-7/h1-2,5H,3-4H2,(H,13,14). The molecule has 5 nitrogen and oxygen atoms in total. The van der Waals surface area contributed by atoms with E-state index in [9.17, 15) is 17.8 Å². The summed E-state index contributed by atoms with van der Waals surface area (Å²) in [4.78, 5) is 10.00. The smallest absolute Gasteiger partial charge is 0.419 e. The van der Waals surface area contributed by atoms with E-state index < -0.39 is 22.0 Å². The van der Waals surface area contributed by atoms with Crippen LogP contribution in [-0.4, -0.2) is 33.8 Å². The average Bonchev–Trinajstić information content (AvgIpc) is 2.37. The molecule has 0 amide bonds. The summed E-state index contributed by atoms with van der Waals surface area (Å²) in [5, 5.41) is 3.97. The maximum absolute atomic E-state index is 13.1. The molecule has 0 aliphatic carbocycles. The molecule has 18 heavy (non-hydrogen) atoms. The normalized spacial score (nSPS) is 16.1. The van der Waals surface area contributed by atoms with E-state index in [0.29, 0.717) is 12.4 Å². The number of ether oxygens (including phenoxy) is 2. The molecule has 0 spiro atoms. The first-order valence-corrected chi connectivity index (χ1v) is 6.00. The summed E-state index contributed by atoms with van der Waals surface area (Å²) in [6, 6.07) is 3.54. The molecule has 0 fully saturated rings. The highest BCUT2D eigenvalue weighted by molar-refractivity contribution is 7.87. The van der Waals surface area contributed by atoms with Gasteiger partial charge < -0.3 is 14.6 Å². The number of hydrogen-bond acceptors (Lipinski definition) is 4. The molecule has 2 rings (SSSR count). The summed E-state index contributed by atoms with van der Waals surface area (Å²) in [6.07, 6.45) is 0. The number of rotatable bonds is 3. The highest BCUT2D eigenvalue weighted by atomic mass is 32.2. The number of aliphatic carboxylic acids is 1. The molecule has 1 aliphatic rings. The van der Waals surface area contributed by atoms with Gasteiger partial charge in [-0.15, -0.1) is 0 Å². The van der Waals surface area contributed by atoms with Crippen LogP contribution >= 0.6 is 0 Å². The molecule has 0 radical (unpaired) electrons. The Hall–Kier alpha value is -1.70. The van der Waals surface area contributed by atoms with E-state index in [2.05, 4.69) is 0 Å². The van der Waals surface area contributed by atoms with Gasteiger partial charge in [-0.1, -0.05) is 0 Å². The van der Waals surface area contributed by atoms with Crippen molar-refractivity contribution in [2.24, 2.45) is 0 Å². The van der Waals surface area contributed by atoms with Gasteiger partial charge in [0.1, 0.15) is 24.0 Å². The Morgan fingerprint density at radius 3 is 2.50 bits per heavy atom. The van der Waals surface area contributed by atoms with Gasteiger partial charge in [0.05, 0.1) is 0 Å². The van der Waals surface area contributed by atoms with Crippen molar-refractivity contribution >= 4 is 16.8 Å². The lowest BCUT2D eigenvalue weighted by molar-refractivity contribution is -0.153. The minimum Gasteiger partial charge on any atom is -0.486 e. The molecule has 1 aromatic carbocycles. The number of alkyl halides is 2. The number of fused-ring (bicyclic) bond motifs is 1. The lowest BCUT2D eigenvalue weighted by Gasteiger charge is -2.19. The van der Waals surface area contributed by atoms with Crippen LogP contribution in [0, 0.1) is 0 Å². The number of hydrogen-bond donors (Lipinski definition) is 1. The maximum atomic E-state index is 13.1. The molecular weight excluding hydrogens is 270 g/mol. The maximum Gasteiger partial charge on any atom is 0.419 e. The van der Waals surface area contributed by atoms with E-state index in [1.165, 1.54) is 6.07 Å². The molecule has 1 N–H and O–H groups in total. The third kappa shape index (κ3) is 2.15. The lowest BCUT2D eigenvalue weighted by atomic mass is 10.3. The van der Waals surface area contributed by atoms with Crippen molar-refractivity contribution in [1.29, 1.82) is 0 Å². The third-order valence-corrected chi connectivity index (χ3v) is 3.53. The number of carbonyl (C=O) groups is 1. The molecule has 98 valence electrons. The second-order valence-electron chi connectivity index (χ2n) is 3.40. The van der Waals surface area contributed by atoms with Gasteiger partial charge in [0.15, 0.2) is 11.5 Å². The molecular formula is C10H8F2O5S. The topological polar surface area (TPSA) is 72.8 Å². The SMILES string of the molecule is O=C(O)C(F)(F)S(=O)c1ccc2c(c1)OCCO2. The van der Waals surface area contributed by atoms with E-state index in [0.717, 1.165) is 12.1 Å². The Labute approximate surface area is 103 Å². The first kappa shape index (κ1) is 12.7. The highest BCUT2D eigenvalue weighted by Gasteiger charge is 2.47. The zero-order valence-electron chi connectivity index (χ0n) is 8.89. The molecule has 1 unspecified atom stereocenters. The molecule has 8 heteroatoms. The van der Waals surface area contributed by atoms with Gasteiger partial charge >= 0.3 is 11.2 Å². The zero-order chi connectivity index (χ0) is 13.3. The summed E-state index contributed by atoms with van der Waals surface area (Å²) in [6.45, 7) is 0.582. The Kier molecular flexibility index (Phi) is 3.20. The number of carboxylic acid groups (broad SMARTS) is 1. The lowest BCUT2D eigenvalue weighted by Crippen LogP contribution is -2.33. The fourth-order valence-corrected chi connectivity index (χ4v) is 2.23. The molecule has 1 heterocycles. The summed E-state index contributed by atoms with van der Waals surface area (Å²) in [5.41, 5.74) is 0. The fourth-order valence-electron chi connectivity index (χ4n) is 1.37. The van der Waals surface area contributed by atoms with Gasteiger partial charge in [-0.25, -0.2) is 9.00 Å². The molecule has 0 saturated carbocycles. The van der Waals surface area contributed by atoms with Crippen molar-refractivity contribution in [3.8, 4) is 11.5 Å². The molecule has 1 atom stereocenters. The van der Waals surface area contributed by atoms with Crippen LogP contribution in [0.4, 0.5) is 8.78 Å². The minimum absolute atomic E-state index is 0.174. The first-order valence-electron chi connectivity index (χ1n) is 4.85. The monoisotopic (exact) mass is 278 g/mol. The summed E-state index contributed by atoms with van der Waals surface area (Å²) in [5.74, 6) is -1.91. The number of carboxylic acids is 1. The average molecular weight is 278 g/mol. The molecule has 1 aliphatic heterocycles. The van der Waals surface area contributed by atoms with E-state index >= 15 is 0 Å². The van der Waals surface area contributed by atoms with E-state index in [1.807, 2.05) is 0 Å². The highest BCUT2D eigenvalue weighted by Crippen LogP contribution is 2.34. The zero-order valence-corrected chi connectivity index (χ0v) is 9.71. The van der Waals surface area contributed by atoms with E-state index in [-0.39, 0.29) is 17.3 Å². The van der Waals surface area contributed by atoms with Gasteiger partial charge in [0.25, 0.3) is 0 Å². The first-order chi connectivity index (χ1) is 8.43. The van der Waals surface area contributed by atoms with Crippen LogP contribution in [0.3, 0.4) is 0 Å². The second kappa shape index (κ2) is 4.52. The van der Waals surface area contributed by atoms with Crippen LogP contribution in [0.15, 0.2) is 23.1 Å². The minimum atomic E-state index is -4.34. The van der Waals surface area contributed by atoms with Gasteiger partial charge in [-0.05, 0) is 12.1 Å². The van der Waals surface area contributed by atoms with Gasteiger partial charge in [-0.2, -0.15) is 8.78 Å². The van der Waals surface area contributed by atoms with Gasteiger partial charge in [0, 0.05) is 11.0 Å². The van der Waals surface area contributed by atoms with Gasteiger partial charge in [-0.3, -0.25) is 0 Å². The largest absolute Gasteiger partial charge is 0.486 e.